The Morgan fingerprint density at radius 1 is 1.75 bits per heavy atom. The minimum absolute atomic E-state index is 0.0285. The number of amides is 1. The van der Waals surface area contributed by atoms with Gasteiger partial charge in [-0.3, -0.25) is 4.79 Å². The van der Waals surface area contributed by atoms with Gasteiger partial charge < -0.3 is 20.5 Å². The molecule has 0 radical (unpaired) electrons. The van der Waals surface area contributed by atoms with Crippen molar-refractivity contribution in [1.29, 1.82) is 0 Å². The zero-order chi connectivity index (χ0) is 8.81. The summed E-state index contributed by atoms with van der Waals surface area (Å²) in [7, 11) is 0. The van der Waals surface area contributed by atoms with Crippen LogP contribution < -0.4 is 10.6 Å². The molecule has 0 aromatic rings. The molecule has 0 saturated carbocycles. The average molecular weight is 174 g/mol. The van der Waals surface area contributed by atoms with Gasteiger partial charge in [-0.25, -0.2) is 0 Å². The van der Waals surface area contributed by atoms with Gasteiger partial charge in [-0.05, 0) is 0 Å². The average Bonchev–Trinajstić information content (AvgIpc) is 2.15. The summed E-state index contributed by atoms with van der Waals surface area (Å²) in [5.41, 5.74) is 0. The first kappa shape index (κ1) is 9.44. The predicted octanol–water partition coefficient (Wildman–Crippen LogP) is -1.92. The lowest BCUT2D eigenvalue weighted by atomic mass is 10.2. The third-order valence-electron chi connectivity index (χ3n) is 1.65. The molecule has 70 valence electrons. The molecule has 0 spiro atoms. The van der Waals surface area contributed by atoms with E-state index in [-0.39, 0.29) is 18.6 Å². The molecule has 1 aliphatic rings. The van der Waals surface area contributed by atoms with Gasteiger partial charge in [0.1, 0.15) is 6.04 Å². The van der Waals surface area contributed by atoms with Gasteiger partial charge in [0.2, 0.25) is 5.91 Å². The van der Waals surface area contributed by atoms with E-state index in [9.17, 15) is 4.79 Å². The van der Waals surface area contributed by atoms with Crippen LogP contribution in [0.5, 0.6) is 0 Å². The normalized spacial score (nSPS) is 23.6. The highest BCUT2D eigenvalue weighted by Crippen LogP contribution is 1.92. The molecule has 1 heterocycles. The number of rotatable bonds is 3. The molecule has 0 unspecified atom stereocenters. The van der Waals surface area contributed by atoms with E-state index >= 15 is 0 Å². The number of aliphatic hydroxyl groups excluding tert-OH is 1. The van der Waals surface area contributed by atoms with Crippen molar-refractivity contribution in [3.8, 4) is 0 Å². The van der Waals surface area contributed by atoms with E-state index in [4.69, 9.17) is 9.84 Å². The highest BCUT2D eigenvalue weighted by Gasteiger charge is 2.19. The summed E-state index contributed by atoms with van der Waals surface area (Å²) in [5, 5.41) is 14.0. The molecular weight excluding hydrogens is 160 g/mol. The first-order chi connectivity index (χ1) is 5.84. The summed E-state index contributed by atoms with van der Waals surface area (Å²) < 4.78 is 5.10. The van der Waals surface area contributed by atoms with Gasteiger partial charge in [0.25, 0.3) is 0 Å². The van der Waals surface area contributed by atoms with Crippen LogP contribution in [0.4, 0.5) is 0 Å². The lowest BCUT2D eigenvalue weighted by Crippen LogP contribution is -2.51. The monoisotopic (exact) mass is 174 g/mol. The fourth-order valence-corrected chi connectivity index (χ4v) is 1.04. The maximum absolute atomic E-state index is 11.2. The molecule has 1 fully saturated rings. The molecular formula is C7H14N2O3. The first-order valence-corrected chi connectivity index (χ1v) is 4.04. The lowest BCUT2D eigenvalue weighted by molar-refractivity contribution is -0.126. The zero-order valence-corrected chi connectivity index (χ0v) is 6.88. The molecule has 0 aromatic carbocycles. The van der Waals surface area contributed by atoms with Gasteiger partial charge in [0.05, 0.1) is 19.8 Å². The van der Waals surface area contributed by atoms with Crippen molar-refractivity contribution in [2.24, 2.45) is 0 Å². The quantitative estimate of drug-likeness (QED) is 0.466. The van der Waals surface area contributed by atoms with Crippen LogP contribution in [0.15, 0.2) is 0 Å². The van der Waals surface area contributed by atoms with Crippen molar-refractivity contribution >= 4 is 5.91 Å². The topological polar surface area (TPSA) is 70.6 Å². The van der Waals surface area contributed by atoms with Crippen LogP contribution in [0.3, 0.4) is 0 Å². The summed E-state index contributed by atoms with van der Waals surface area (Å²) in [6.07, 6.45) is 0. The maximum atomic E-state index is 11.2. The summed E-state index contributed by atoms with van der Waals surface area (Å²) in [5.74, 6) is -0.108. The summed E-state index contributed by atoms with van der Waals surface area (Å²) >= 11 is 0. The van der Waals surface area contributed by atoms with E-state index in [1.807, 2.05) is 0 Å². The minimum atomic E-state index is -0.259. The molecule has 1 amide bonds. The van der Waals surface area contributed by atoms with Crippen LogP contribution in [0.2, 0.25) is 0 Å². The first-order valence-electron chi connectivity index (χ1n) is 4.04. The van der Waals surface area contributed by atoms with Crippen LogP contribution >= 0.6 is 0 Å². The Kier molecular flexibility index (Phi) is 3.99. The Bertz CT molecular complexity index is 146. The molecule has 0 bridgehead atoms. The molecule has 5 nitrogen and oxygen atoms in total. The van der Waals surface area contributed by atoms with E-state index < -0.39 is 0 Å². The van der Waals surface area contributed by atoms with Gasteiger partial charge in [0, 0.05) is 13.1 Å². The molecule has 3 N–H and O–H groups in total. The van der Waals surface area contributed by atoms with Crippen molar-refractivity contribution in [3.05, 3.63) is 0 Å². The standard InChI is InChI=1S/C7H14N2O3/c10-3-1-9-7(11)6-5-12-4-2-8-6/h6,8,10H,1-5H2,(H,9,11)/t6-/m1/s1. The number of aliphatic hydroxyl groups is 1. The Hall–Kier alpha value is -0.650. The second kappa shape index (κ2) is 5.08. The Balaban J connectivity index is 2.20. The molecule has 12 heavy (non-hydrogen) atoms. The van der Waals surface area contributed by atoms with E-state index in [1.54, 1.807) is 0 Å². The number of morpholine rings is 1. The highest BCUT2D eigenvalue weighted by molar-refractivity contribution is 5.81. The molecule has 0 aliphatic carbocycles. The zero-order valence-electron chi connectivity index (χ0n) is 6.88. The van der Waals surface area contributed by atoms with Crippen LogP contribution in [0, 0.1) is 0 Å². The van der Waals surface area contributed by atoms with Gasteiger partial charge in [-0.1, -0.05) is 0 Å². The van der Waals surface area contributed by atoms with Crippen molar-refractivity contribution < 1.29 is 14.6 Å². The number of carbonyl (C=O) groups is 1. The molecule has 1 saturated heterocycles. The lowest BCUT2D eigenvalue weighted by Gasteiger charge is -2.22. The van der Waals surface area contributed by atoms with Gasteiger partial charge in [-0.15, -0.1) is 0 Å². The number of nitrogens with one attached hydrogen (secondary N) is 2. The molecule has 5 heteroatoms. The van der Waals surface area contributed by atoms with Crippen molar-refractivity contribution in [3.63, 3.8) is 0 Å². The predicted molar refractivity (Wildman–Crippen MR) is 42.7 cm³/mol. The van der Waals surface area contributed by atoms with E-state index in [0.717, 1.165) is 0 Å². The third-order valence-corrected chi connectivity index (χ3v) is 1.65. The van der Waals surface area contributed by atoms with Crippen LogP contribution in [-0.4, -0.2) is 50.0 Å². The Labute approximate surface area is 71.1 Å². The van der Waals surface area contributed by atoms with Crippen molar-refractivity contribution in [2.75, 3.05) is 32.9 Å². The number of ether oxygens (including phenoxy) is 1. The van der Waals surface area contributed by atoms with Crippen LogP contribution in [0.1, 0.15) is 0 Å². The van der Waals surface area contributed by atoms with E-state index in [0.29, 0.717) is 26.3 Å². The molecule has 1 rings (SSSR count). The number of hydrogen-bond acceptors (Lipinski definition) is 4. The second-order valence-corrected chi connectivity index (χ2v) is 2.60. The van der Waals surface area contributed by atoms with Crippen molar-refractivity contribution in [1.82, 2.24) is 10.6 Å². The Morgan fingerprint density at radius 2 is 2.58 bits per heavy atom. The highest BCUT2D eigenvalue weighted by atomic mass is 16.5. The second-order valence-electron chi connectivity index (χ2n) is 2.60. The maximum Gasteiger partial charge on any atom is 0.239 e. The molecule has 0 aromatic heterocycles. The smallest absolute Gasteiger partial charge is 0.239 e. The van der Waals surface area contributed by atoms with E-state index in [1.165, 1.54) is 0 Å². The fraction of sp³-hybridized carbons (Fsp3) is 0.857. The molecule has 1 atom stereocenters. The van der Waals surface area contributed by atoms with Gasteiger partial charge in [0.15, 0.2) is 0 Å². The van der Waals surface area contributed by atoms with E-state index in [2.05, 4.69) is 10.6 Å². The SMILES string of the molecule is O=C(NCCO)[C@H]1COCCN1. The summed E-state index contributed by atoms with van der Waals surface area (Å²) in [4.78, 5) is 11.2. The van der Waals surface area contributed by atoms with Crippen molar-refractivity contribution in [2.45, 2.75) is 6.04 Å². The fourth-order valence-electron chi connectivity index (χ4n) is 1.04. The third kappa shape index (κ3) is 2.77. The summed E-state index contributed by atoms with van der Waals surface area (Å²) in [6.45, 7) is 2.05. The minimum Gasteiger partial charge on any atom is -0.395 e. The summed E-state index contributed by atoms with van der Waals surface area (Å²) in [6, 6.07) is -0.259. The number of hydrogen-bond donors (Lipinski definition) is 3. The van der Waals surface area contributed by atoms with Crippen LogP contribution in [0.25, 0.3) is 0 Å². The number of carbonyl (C=O) groups excluding carboxylic acids is 1. The van der Waals surface area contributed by atoms with Crippen LogP contribution in [-0.2, 0) is 9.53 Å². The van der Waals surface area contributed by atoms with Gasteiger partial charge >= 0.3 is 0 Å². The largest absolute Gasteiger partial charge is 0.395 e. The Morgan fingerprint density at radius 3 is 3.17 bits per heavy atom. The molecule has 1 aliphatic heterocycles. The van der Waals surface area contributed by atoms with Gasteiger partial charge in [-0.2, -0.15) is 0 Å².